The molecule has 0 bridgehead atoms. The largest absolute Gasteiger partial charge is 0.366 e. The second-order valence-corrected chi connectivity index (χ2v) is 6.42. The summed E-state index contributed by atoms with van der Waals surface area (Å²) in [5, 5.41) is 0. The van der Waals surface area contributed by atoms with Crippen molar-refractivity contribution < 1.29 is 0 Å². The molecule has 1 saturated heterocycles. The van der Waals surface area contributed by atoms with Gasteiger partial charge in [-0.2, -0.15) is 0 Å². The van der Waals surface area contributed by atoms with Crippen molar-refractivity contribution >= 4 is 21.6 Å². The summed E-state index contributed by atoms with van der Waals surface area (Å²) in [5.74, 6) is 0. The molecular formula is C14H21BrN2. The molecular weight excluding hydrogens is 276 g/mol. The van der Waals surface area contributed by atoms with Crippen LogP contribution in [-0.4, -0.2) is 12.1 Å². The van der Waals surface area contributed by atoms with Gasteiger partial charge >= 0.3 is 0 Å². The highest BCUT2D eigenvalue weighted by molar-refractivity contribution is 9.10. The van der Waals surface area contributed by atoms with Crippen LogP contribution >= 0.6 is 15.9 Å². The lowest BCUT2D eigenvalue weighted by molar-refractivity contribution is 0.518. The van der Waals surface area contributed by atoms with E-state index in [1.165, 1.54) is 24.1 Å². The molecule has 1 atom stereocenters. The number of hydrogen-bond acceptors (Lipinski definition) is 2. The molecule has 1 aromatic carbocycles. The van der Waals surface area contributed by atoms with Gasteiger partial charge < -0.3 is 10.6 Å². The molecule has 0 radical (unpaired) electrons. The van der Waals surface area contributed by atoms with Gasteiger partial charge in [0.25, 0.3) is 0 Å². The molecule has 1 aromatic rings. The summed E-state index contributed by atoms with van der Waals surface area (Å²) in [7, 11) is 0. The van der Waals surface area contributed by atoms with Gasteiger partial charge in [-0.05, 0) is 51.3 Å². The lowest BCUT2D eigenvalue weighted by atomic mass is 10.0. The predicted molar refractivity (Wildman–Crippen MR) is 77.4 cm³/mol. The molecule has 2 nitrogen and oxygen atoms in total. The molecule has 1 aliphatic rings. The Morgan fingerprint density at radius 2 is 2.12 bits per heavy atom. The molecule has 2 N–H and O–H groups in total. The molecule has 17 heavy (non-hydrogen) atoms. The van der Waals surface area contributed by atoms with Crippen LogP contribution in [0.4, 0.5) is 5.69 Å². The van der Waals surface area contributed by atoms with E-state index in [2.05, 4.69) is 52.9 Å². The zero-order chi connectivity index (χ0) is 12.6. The molecule has 1 heterocycles. The summed E-state index contributed by atoms with van der Waals surface area (Å²) < 4.78 is 1.12. The molecule has 2 rings (SSSR count). The number of hydrogen-bond donors (Lipinski definition) is 1. The molecule has 0 saturated carbocycles. The van der Waals surface area contributed by atoms with Crippen molar-refractivity contribution in [2.24, 2.45) is 5.73 Å². The zero-order valence-electron chi connectivity index (χ0n) is 10.8. The van der Waals surface area contributed by atoms with Crippen LogP contribution in [0, 0.1) is 0 Å². The van der Waals surface area contributed by atoms with E-state index < -0.39 is 0 Å². The lowest BCUT2D eigenvalue weighted by Crippen LogP contribution is -2.38. The standard InChI is InChI=1S/C14H21BrN2/c1-10(16)12-6-5-11(9-13(12)15)17-8-4-7-14(17,2)3/h5-6,9-10H,4,7-8,16H2,1-3H3/t10-/m1/s1. The summed E-state index contributed by atoms with van der Waals surface area (Å²) in [6.07, 6.45) is 2.54. The first-order chi connectivity index (χ1) is 7.92. The summed E-state index contributed by atoms with van der Waals surface area (Å²) in [4.78, 5) is 2.49. The average Bonchev–Trinajstić information content (AvgIpc) is 2.57. The van der Waals surface area contributed by atoms with E-state index in [9.17, 15) is 0 Å². The molecule has 0 aromatic heterocycles. The van der Waals surface area contributed by atoms with Crippen LogP contribution in [0.3, 0.4) is 0 Å². The van der Waals surface area contributed by atoms with Crippen molar-refractivity contribution in [3.05, 3.63) is 28.2 Å². The topological polar surface area (TPSA) is 29.3 Å². The maximum Gasteiger partial charge on any atom is 0.0382 e. The van der Waals surface area contributed by atoms with Gasteiger partial charge in [-0.1, -0.05) is 22.0 Å². The van der Waals surface area contributed by atoms with Crippen LogP contribution in [0.5, 0.6) is 0 Å². The number of nitrogens with zero attached hydrogens (tertiary/aromatic N) is 1. The molecule has 0 spiro atoms. The Morgan fingerprint density at radius 3 is 2.59 bits per heavy atom. The van der Waals surface area contributed by atoms with E-state index in [1.807, 2.05) is 6.92 Å². The van der Waals surface area contributed by atoms with E-state index in [1.54, 1.807) is 0 Å². The monoisotopic (exact) mass is 296 g/mol. The van der Waals surface area contributed by atoms with Crippen LogP contribution in [0.15, 0.2) is 22.7 Å². The number of anilines is 1. The first-order valence-corrected chi connectivity index (χ1v) is 7.04. The third-order valence-corrected chi connectivity index (χ3v) is 4.37. The van der Waals surface area contributed by atoms with Crippen molar-refractivity contribution in [2.75, 3.05) is 11.4 Å². The smallest absolute Gasteiger partial charge is 0.0382 e. The first kappa shape index (κ1) is 12.9. The Morgan fingerprint density at radius 1 is 1.41 bits per heavy atom. The van der Waals surface area contributed by atoms with Crippen molar-refractivity contribution in [3.63, 3.8) is 0 Å². The average molecular weight is 297 g/mol. The van der Waals surface area contributed by atoms with E-state index >= 15 is 0 Å². The van der Waals surface area contributed by atoms with Gasteiger partial charge in [0.05, 0.1) is 0 Å². The number of halogens is 1. The van der Waals surface area contributed by atoms with Crippen molar-refractivity contribution in [1.29, 1.82) is 0 Å². The maximum absolute atomic E-state index is 5.93. The van der Waals surface area contributed by atoms with Crippen LogP contribution in [0.2, 0.25) is 0 Å². The van der Waals surface area contributed by atoms with E-state index in [4.69, 9.17) is 5.73 Å². The van der Waals surface area contributed by atoms with E-state index in [0.29, 0.717) is 0 Å². The normalized spacial score (nSPS) is 20.6. The highest BCUT2D eigenvalue weighted by Crippen LogP contribution is 2.36. The maximum atomic E-state index is 5.93. The van der Waals surface area contributed by atoms with E-state index in [-0.39, 0.29) is 11.6 Å². The number of benzene rings is 1. The Hall–Kier alpha value is -0.540. The molecule has 3 heteroatoms. The second kappa shape index (κ2) is 4.62. The minimum absolute atomic E-state index is 0.0741. The highest BCUT2D eigenvalue weighted by atomic mass is 79.9. The van der Waals surface area contributed by atoms with Crippen molar-refractivity contribution in [1.82, 2.24) is 0 Å². The van der Waals surface area contributed by atoms with Gasteiger partial charge in [0, 0.05) is 28.3 Å². The minimum atomic E-state index is 0.0741. The molecule has 1 fully saturated rings. The van der Waals surface area contributed by atoms with Gasteiger partial charge in [0.2, 0.25) is 0 Å². The Balaban J connectivity index is 2.32. The molecule has 0 aliphatic carbocycles. The number of rotatable bonds is 2. The predicted octanol–water partition coefficient (Wildman–Crippen LogP) is 3.85. The minimum Gasteiger partial charge on any atom is -0.366 e. The van der Waals surface area contributed by atoms with Gasteiger partial charge in [0.15, 0.2) is 0 Å². The molecule has 94 valence electrons. The fourth-order valence-corrected chi connectivity index (χ4v) is 3.37. The molecule has 0 unspecified atom stereocenters. The fraction of sp³-hybridized carbons (Fsp3) is 0.571. The fourth-order valence-electron chi connectivity index (χ4n) is 2.64. The van der Waals surface area contributed by atoms with Crippen molar-refractivity contribution in [3.8, 4) is 0 Å². The Kier molecular flexibility index (Phi) is 3.50. The Bertz CT molecular complexity index is 413. The highest BCUT2D eigenvalue weighted by Gasteiger charge is 2.32. The van der Waals surface area contributed by atoms with Crippen molar-refractivity contribution in [2.45, 2.75) is 45.2 Å². The number of nitrogens with two attached hydrogens (primary N) is 1. The zero-order valence-corrected chi connectivity index (χ0v) is 12.4. The van der Waals surface area contributed by atoms with Crippen LogP contribution in [0.25, 0.3) is 0 Å². The lowest BCUT2D eigenvalue weighted by Gasteiger charge is -2.34. The van der Waals surface area contributed by atoms with Crippen LogP contribution in [-0.2, 0) is 0 Å². The molecule has 0 amide bonds. The van der Waals surface area contributed by atoms with Crippen LogP contribution in [0.1, 0.15) is 45.2 Å². The quantitative estimate of drug-likeness (QED) is 0.898. The van der Waals surface area contributed by atoms with Gasteiger partial charge in [-0.15, -0.1) is 0 Å². The Labute approximate surface area is 112 Å². The van der Waals surface area contributed by atoms with Gasteiger partial charge in [0.1, 0.15) is 0 Å². The third kappa shape index (κ3) is 2.50. The third-order valence-electron chi connectivity index (χ3n) is 3.69. The summed E-state index contributed by atoms with van der Waals surface area (Å²) >= 11 is 3.63. The summed E-state index contributed by atoms with van der Waals surface area (Å²) in [5.41, 5.74) is 8.67. The van der Waals surface area contributed by atoms with Crippen LogP contribution < -0.4 is 10.6 Å². The second-order valence-electron chi connectivity index (χ2n) is 5.56. The van der Waals surface area contributed by atoms with Gasteiger partial charge in [-0.3, -0.25) is 0 Å². The molecule has 1 aliphatic heterocycles. The summed E-state index contributed by atoms with van der Waals surface area (Å²) in [6.45, 7) is 7.79. The van der Waals surface area contributed by atoms with Gasteiger partial charge in [-0.25, -0.2) is 0 Å². The van der Waals surface area contributed by atoms with E-state index in [0.717, 1.165) is 11.0 Å². The first-order valence-electron chi connectivity index (χ1n) is 6.24. The SMILES string of the molecule is C[C@@H](N)c1ccc(N2CCCC2(C)C)cc1Br. The summed E-state index contributed by atoms with van der Waals surface area (Å²) in [6, 6.07) is 6.60.